The smallest absolute Gasteiger partial charge is 0.138 e. The SMILES string of the molecule is C1=c2ccccc2=CC(N(c2ccc(-c3nc4ccccc4nc3-c3ccc(N(c4ccc(-n5c6ccccc6c6ccccc65)cc4)c4cc5ccccc5cn4)cc3)cc2)c2ccc(-n3c4ccccc4c4ccccc43)cc2)N1. The van der Waals surface area contributed by atoms with E-state index in [4.69, 9.17) is 15.0 Å². The fourth-order valence-corrected chi connectivity index (χ4v) is 12.3. The first-order valence-corrected chi connectivity index (χ1v) is 27.8. The van der Waals surface area contributed by atoms with Gasteiger partial charge in [-0.15, -0.1) is 0 Å². The van der Waals surface area contributed by atoms with E-state index in [1.165, 1.54) is 48.8 Å². The van der Waals surface area contributed by atoms with Gasteiger partial charge in [0.1, 0.15) is 12.0 Å². The largest absolute Gasteiger partial charge is 0.367 e. The lowest BCUT2D eigenvalue weighted by molar-refractivity contribution is 0.756. The highest BCUT2D eigenvalue weighted by Crippen LogP contribution is 2.41. The fraction of sp³-hybridized carbons (Fsp3) is 0.0135. The van der Waals surface area contributed by atoms with Crippen LogP contribution in [0.1, 0.15) is 0 Å². The van der Waals surface area contributed by atoms with Crippen LogP contribution in [0.4, 0.5) is 28.6 Å². The first-order valence-electron chi connectivity index (χ1n) is 27.8. The monoisotopic (exact) mass is 1050 g/mol. The van der Waals surface area contributed by atoms with Gasteiger partial charge in [0.15, 0.2) is 0 Å². The van der Waals surface area contributed by atoms with Crippen LogP contribution in [0.5, 0.6) is 0 Å². The molecule has 1 unspecified atom stereocenters. The van der Waals surface area contributed by atoms with E-state index in [1.54, 1.807) is 0 Å². The number of anilines is 5. The highest BCUT2D eigenvalue weighted by molar-refractivity contribution is 6.10. The molecule has 0 aliphatic carbocycles. The zero-order valence-electron chi connectivity index (χ0n) is 44.4. The highest BCUT2D eigenvalue weighted by atomic mass is 15.3. The van der Waals surface area contributed by atoms with Gasteiger partial charge in [-0.05, 0) is 137 Å². The molecule has 82 heavy (non-hydrogen) atoms. The molecule has 0 saturated heterocycles. The molecule has 16 rings (SSSR count). The topological polar surface area (TPSA) is 67.0 Å². The van der Waals surface area contributed by atoms with E-state index in [0.29, 0.717) is 0 Å². The first kappa shape index (κ1) is 47.0. The number of hydrogen-bond donors (Lipinski definition) is 1. The molecule has 11 aromatic carbocycles. The Morgan fingerprint density at radius 2 is 0.768 bits per heavy atom. The number of para-hydroxylation sites is 6. The van der Waals surface area contributed by atoms with E-state index < -0.39 is 0 Å². The third-order valence-corrected chi connectivity index (χ3v) is 16.2. The summed E-state index contributed by atoms with van der Waals surface area (Å²) in [6, 6.07) is 97.0. The maximum Gasteiger partial charge on any atom is 0.138 e. The molecule has 1 aliphatic rings. The van der Waals surface area contributed by atoms with Crippen molar-refractivity contribution in [2.45, 2.75) is 6.17 Å². The maximum atomic E-state index is 5.37. The third-order valence-electron chi connectivity index (χ3n) is 16.2. The standard InChI is InChI=1S/C74H50N8/c1-3-17-53-47-75-71(45-51(53)15-1)79(57-37-41-59(42-38-57)81-67-25-11-5-19-61(67)62-20-6-12-26-68(62)81)55-33-29-49(30-34-55)73-74(78-66-24-10-9-23-65(66)77-73)50-31-35-56(36-32-50)80(72-46-52-16-2-4-18-54(52)48-76-72)58-39-43-60(44-40-58)82-69-27-13-7-21-63(69)64-22-8-14-28-70(64)82/h1-48,71,75H. The van der Waals surface area contributed by atoms with Crippen LogP contribution in [0.15, 0.2) is 279 Å². The lowest BCUT2D eigenvalue weighted by atomic mass is 10.0. The quantitative estimate of drug-likeness (QED) is 0.147. The van der Waals surface area contributed by atoms with E-state index in [2.05, 4.69) is 285 Å². The van der Waals surface area contributed by atoms with E-state index in [-0.39, 0.29) is 6.17 Å². The molecule has 8 nitrogen and oxygen atoms in total. The number of hydrogen-bond acceptors (Lipinski definition) is 6. The molecule has 0 amide bonds. The van der Waals surface area contributed by atoms with Crippen LogP contribution in [0.3, 0.4) is 0 Å². The second-order valence-electron chi connectivity index (χ2n) is 20.9. The molecule has 5 heterocycles. The van der Waals surface area contributed by atoms with Crippen LogP contribution in [0.2, 0.25) is 0 Å². The zero-order chi connectivity index (χ0) is 54.1. The van der Waals surface area contributed by atoms with Gasteiger partial charge in [-0.2, -0.15) is 0 Å². The van der Waals surface area contributed by atoms with Crippen molar-refractivity contribution < 1.29 is 0 Å². The Bertz CT molecular complexity index is 4980. The van der Waals surface area contributed by atoms with Gasteiger partial charge in [-0.3, -0.25) is 4.90 Å². The van der Waals surface area contributed by atoms with Crippen LogP contribution in [-0.2, 0) is 0 Å². The summed E-state index contributed by atoms with van der Waals surface area (Å²) in [5.74, 6) is 0.818. The Kier molecular flexibility index (Phi) is 11.1. The van der Waals surface area contributed by atoms with E-state index in [0.717, 1.165) is 89.5 Å². The number of nitrogens with zero attached hydrogens (tertiary/aromatic N) is 7. The fourth-order valence-electron chi connectivity index (χ4n) is 12.3. The van der Waals surface area contributed by atoms with Crippen molar-refractivity contribution in [3.05, 3.63) is 290 Å². The average Bonchev–Trinajstić information content (AvgIpc) is 4.20. The number of aromatic nitrogens is 5. The number of nitrogens with one attached hydrogen (secondary N) is 1. The van der Waals surface area contributed by atoms with Crippen molar-refractivity contribution in [3.8, 4) is 33.9 Å². The summed E-state index contributed by atoms with van der Waals surface area (Å²) >= 11 is 0. The van der Waals surface area contributed by atoms with Gasteiger partial charge in [-0.1, -0.05) is 158 Å². The van der Waals surface area contributed by atoms with Crippen molar-refractivity contribution in [3.63, 3.8) is 0 Å². The van der Waals surface area contributed by atoms with E-state index in [9.17, 15) is 0 Å². The second-order valence-corrected chi connectivity index (χ2v) is 20.9. The van der Waals surface area contributed by atoms with Crippen molar-refractivity contribution >= 4 is 106 Å². The van der Waals surface area contributed by atoms with Crippen LogP contribution >= 0.6 is 0 Å². The van der Waals surface area contributed by atoms with Crippen LogP contribution < -0.4 is 25.6 Å². The molecule has 15 aromatic rings. The predicted molar refractivity (Wildman–Crippen MR) is 339 cm³/mol. The molecule has 0 bridgehead atoms. The number of fused-ring (bicyclic) bond motifs is 9. The molecular weight excluding hydrogens is 1000 g/mol. The predicted octanol–water partition coefficient (Wildman–Crippen LogP) is 16.5. The maximum absolute atomic E-state index is 5.37. The second kappa shape index (κ2) is 19.4. The summed E-state index contributed by atoms with van der Waals surface area (Å²) in [4.78, 5) is 20.4. The summed E-state index contributed by atoms with van der Waals surface area (Å²) in [7, 11) is 0. The Morgan fingerprint density at radius 3 is 1.28 bits per heavy atom. The Hall–Kier alpha value is -11.1. The van der Waals surface area contributed by atoms with Gasteiger partial charge >= 0.3 is 0 Å². The Labute approximate surface area is 472 Å². The molecule has 1 atom stereocenters. The van der Waals surface area contributed by atoms with Gasteiger partial charge in [-0.25, -0.2) is 15.0 Å². The molecule has 0 radical (unpaired) electrons. The van der Waals surface area contributed by atoms with Gasteiger partial charge in [0.2, 0.25) is 0 Å². The number of benzene rings is 11. The van der Waals surface area contributed by atoms with E-state index in [1.807, 2.05) is 30.5 Å². The molecule has 1 aliphatic heterocycles. The minimum Gasteiger partial charge on any atom is -0.367 e. The summed E-state index contributed by atoms with van der Waals surface area (Å²) in [6.45, 7) is 0. The van der Waals surface area contributed by atoms with Crippen LogP contribution in [-0.4, -0.2) is 30.3 Å². The Morgan fingerprint density at radius 1 is 0.366 bits per heavy atom. The van der Waals surface area contributed by atoms with Crippen molar-refractivity contribution in [2.75, 3.05) is 9.80 Å². The van der Waals surface area contributed by atoms with Gasteiger partial charge in [0.25, 0.3) is 0 Å². The highest BCUT2D eigenvalue weighted by Gasteiger charge is 2.23. The lowest BCUT2D eigenvalue weighted by Crippen LogP contribution is -2.46. The molecule has 0 saturated carbocycles. The molecule has 386 valence electrons. The minimum absolute atomic E-state index is 0.170. The van der Waals surface area contributed by atoms with Crippen molar-refractivity contribution in [1.29, 1.82) is 0 Å². The lowest BCUT2D eigenvalue weighted by Gasteiger charge is -2.33. The molecule has 0 spiro atoms. The molecule has 8 heteroatoms. The summed E-state index contributed by atoms with van der Waals surface area (Å²) in [5, 5.41) is 13.2. The average molecular weight is 1050 g/mol. The summed E-state index contributed by atoms with van der Waals surface area (Å²) in [6.07, 6.45) is 6.22. The third kappa shape index (κ3) is 7.95. The van der Waals surface area contributed by atoms with Gasteiger partial charge < -0.3 is 19.4 Å². The van der Waals surface area contributed by atoms with Gasteiger partial charge in [0.05, 0.1) is 44.5 Å². The molecule has 0 fully saturated rings. The Balaban J connectivity index is 0.772. The summed E-state index contributed by atoms with van der Waals surface area (Å²) < 4.78 is 4.72. The molecular formula is C74H50N8. The van der Waals surface area contributed by atoms with Crippen molar-refractivity contribution in [1.82, 2.24) is 29.4 Å². The number of pyridine rings is 1. The van der Waals surface area contributed by atoms with Crippen LogP contribution in [0, 0.1) is 0 Å². The summed E-state index contributed by atoms with van der Waals surface area (Å²) in [5.41, 5.74) is 16.1. The van der Waals surface area contributed by atoms with Crippen molar-refractivity contribution in [2.24, 2.45) is 0 Å². The van der Waals surface area contributed by atoms with E-state index >= 15 is 0 Å². The number of rotatable bonds is 10. The van der Waals surface area contributed by atoms with Crippen LogP contribution in [0.25, 0.3) is 112 Å². The van der Waals surface area contributed by atoms with Gasteiger partial charge in [0, 0.05) is 84.6 Å². The first-order chi connectivity index (χ1) is 40.6. The molecule has 4 aromatic heterocycles. The normalized spacial score (nSPS) is 13.0. The minimum atomic E-state index is -0.170. The zero-order valence-corrected chi connectivity index (χ0v) is 44.4. The molecule has 1 N–H and O–H groups in total.